The fourth-order valence-corrected chi connectivity index (χ4v) is 4.40. The van der Waals surface area contributed by atoms with Crippen molar-refractivity contribution in [2.45, 2.75) is 18.2 Å². The lowest BCUT2D eigenvalue weighted by Gasteiger charge is -2.20. The molecule has 0 bridgehead atoms. The molecule has 0 saturated carbocycles. The molecule has 4 aromatic rings. The van der Waals surface area contributed by atoms with Gasteiger partial charge in [0.2, 0.25) is 5.91 Å². The van der Waals surface area contributed by atoms with Crippen molar-refractivity contribution in [2.24, 2.45) is 0 Å². The van der Waals surface area contributed by atoms with E-state index in [2.05, 4.69) is 16.9 Å². The van der Waals surface area contributed by atoms with Crippen molar-refractivity contribution in [3.8, 4) is 0 Å². The van der Waals surface area contributed by atoms with E-state index in [1.807, 2.05) is 34.9 Å². The molecule has 168 valence electrons. The van der Waals surface area contributed by atoms with Crippen molar-refractivity contribution in [1.29, 1.82) is 0 Å². The van der Waals surface area contributed by atoms with Crippen LogP contribution in [-0.2, 0) is 17.9 Å². The van der Waals surface area contributed by atoms with Crippen LogP contribution in [0.4, 0.5) is 5.69 Å². The summed E-state index contributed by atoms with van der Waals surface area (Å²) in [5.74, 6) is 0.425. The number of allylic oxidation sites excluding steroid dienone is 1. The molecule has 0 unspecified atom stereocenters. The average molecular weight is 461 g/mol. The third kappa shape index (κ3) is 5.01. The van der Waals surface area contributed by atoms with Gasteiger partial charge in [-0.3, -0.25) is 9.59 Å². The number of imidazole rings is 1. The number of anilines is 1. The first-order chi connectivity index (χ1) is 16.1. The van der Waals surface area contributed by atoms with E-state index in [0.29, 0.717) is 23.6 Å². The SMILES string of the molecule is C=CCn1c(SCC(=O)N(C)c2ccccc2C(=O)NCc2ccco2)nc2ccccc21. The minimum absolute atomic E-state index is 0.136. The minimum atomic E-state index is -0.276. The van der Waals surface area contributed by atoms with E-state index in [9.17, 15) is 9.59 Å². The van der Waals surface area contributed by atoms with Crippen LogP contribution in [0.1, 0.15) is 16.1 Å². The van der Waals surface area contributed by atoms with Crippen LogP contribution in [0.3, 0.4) is 0 Å². The molecule has 0 atom stereocenters. The summed E-state index contributed by atoms with van der Waals surface area (Å²) >= 11 is 1.37. The van der Waals surface area contributed by atoms with Gasteiger partial charge in [-0.1, -0.05) is 42.1 Å². The standard InChI is InChI=1S/C25H24N4O3S/c1-3-14-29-22-13-7-5-11-20(22)27-25(29)33-17-23(30)28(2)21-12-6-4-10-19(21)24(31)26-16-18-9-8-15-32-18/h3-13,15H,1,14,16-17H2,2H3,(H,26,31). The van der Waals surface area contributed by atoms with E-state index in [1.165, 1.54) is 16.7 Å². The molecule has 33 heavy (non-hydrogen) atoms. The summed E-state index contributed by atoms with van der Waals surface area (Å²) in [7, 11) is 1.67. The van der Waals surface area contributed by atoms with Crippen molar-refractivity contribution in [3.05, 3.63) is 90.9 Å². The van der Waals surface area contributed by atoms with Gasteiger partial charge in [0.05, 0.1) is 40.8 Å². The van der Waals surface area contributed by atoms with Crippen molar-refractivity contribution in [2.75, 3.05) is 17.7 Å². The lowest BCUT2D eigenvalue weighted by Crippen LogP contribution is -2.31. The summed E-state index contributed by atoms with van der Waals surface area (Å²) in [4.78, 5) is 32.0. The van der Waals surface area contributed by atoms with Crippen LogP contribution in [0.5, 0.6) is 0 Å². The van der Waals surface area contributed by atoms with Crippen LogP contribution >= 0.6 is 11.8 Å². The Balaban J connectivity index is 1.47. The molecule has 1 N–H and O–H groups in total. The Morgan fingerprint density at radius 1 is 1.15 bits per heavy atom. The minimum Gasteiger partial charge on any atom is -0.467 e. The smallest absolute Gasteiger partial charge is 0.253 e. The third-order valence-electron chi connectivity index (χ3n) is 5.14. The van der Waals surface area contributed by atoms with Crippen LogP contribution < -0.4 is 10.2 Å². The number of nitrogens with one attached hydrogen (secondary N) is 1. The van der Waals surface area contributed by atoms with Gasteiger partial charge in [0, 0.05) is 13.6 Å². The number of carbonyl (C=O) groups excluding carboxylic acids is 2. The maximum absolute atomic E-state index is 13.0. The zero-order valence-electron chi connectivity index (χ0n) is 18.2. The number of amides is 2. The number of para-hydroxylation sites is 3. The Morgan fingerprint density at radius 2 is 1.94 bits per heavy atom. The van der Waals surface area contributed by atoms with Gasteiger partial charge >= 0.3 is 0 Å². The summed E-state index contributed by atoms with van der Waals surface area (Å²) in [6.45, 7) is 4.70. The fourth-order valence-electron chi connectivity index (χ4n) is 3.46. The van der Waals surface area contributed by atoms with Gasteiger partial charge in [0.15, 0.2) is 5.16 Å². The van der Waals surface area contributed by atoms with Gasteiger partial charge in [0.25, 0.3) is 5.91 Å². The number of rotatable bonds is 9. The van der Waals surface area contributed by atoms with E-state index in [0.717, 1.165) is 16.2 Å². The van der Waals surface area contributed by atoms with Crippen LogP contribution in [0.25, 0.3) is 11.0 Å². The molecule has 2 amide bonds. The normalized spacial score (nSPS) is 10.8. The number of fused-ring (bicyclic) bond motifs is 1. The highest BCUT2D eigenvalue weighted by Gasteiger charge is 2.20. The topological polar surface area (TPSA) is 80.4 Å². The number of nitrogens with zero attached hydrogens (tertiary/aromatic N) is 3. The predicted octanol–water partition coefficient (Wildman–Crippen LogP) is 4.50. The lowest BCUT2D eigenvalue weighted by molar-refractivity contribution is -0.115. The number of furan rings is 1. The summed E-state index contributed by atoms with van der Waals surface area (Å²) in [6.07, 6.45) is 3.37. The largest absolute Gasteiger partial charge is 0.467 e. The molecule has 0 fully saturated rings. The molecule has 2 aromatic carbocycles. The lowest BCUT2D eigenvalue weighted by atomic mass is 10.1. The second-order valence-electron chi connectivity index (χ2n) is 7.30. The molecule has 0 aliphatic heterocycles. The number of carbonyl (C=O) groups is 2. The molecule has 4 rings (SSSR count). The maximum atomic E-state index is 13.0. The third-order valence-corrected chi connectivity index (χ3v) is 6.10. The van der Waals surface area contributed by atoms with Gasteiger partial charge in [-0.05, 0) is 36.4 Å². The Bertz CT molecular complexity index is 1280. The van der Waals surface area contributed by atoms with Crippen molar-refractivity contribution in [1.82, 2.24) is 14.9 Å². The molecule has 2 aromatic heterocycles. The Hall–Kier alpha value is -3.78. The summed E-state index contributed by atoms with van der Waals surface area (Å²) in [5, 5.41) is 3.58. The second-order valence-corrected chi connectivity index (χ2v) is 8.25. The molecule has 0 saturated heterocycles. The summed E-state index contributed by atoms with van der Waals surface area (Å²) in [6, 6.07) is 18.5. The highest BCUT2D eigenvalue weighted by atomic mass is 32.2. The van der Waals surface area contributed by atoms with Gasteiger partial charge in [0.1, 0.15) is 5.76 Å². The first-order valence-corrected chi connectivity index (χ1v) is 11.4. The quantitative estimate of drug-likeness (QED) is 0.294. The molecule has 0 aliphatic carbocycles. The Kier molecular flexibility index (Phi) is 6.95. The predicted molar refractivity (Wildman–Crippen MR) is 130 cm³/mol. The average Bonchev–Trinajstić information content (AvgIpc) is 3.49. The van der Waals surface area contributed by atoms with E-state index in [4.69, 9.17) is 4.42 Å². The van der Waals surface area contributed by atoms with Crippen LogP contribution in [-0.4, -0.2) is 34.2 Å². The number of benzene rings is 2. The Morgan fingerprint density at radius 3 is 2.73 bits per heavy atom. The molecule has 7 nitrogen and oxygen atoms in total. The van der Waals surface area contributed by atoms with Crippen molar-refractivity contribution < 1.29 is 14.0 Å². The van der Waals surface area contributed by atoms with Crippen molar-refractivity contribution >= 4 is 40.3 Å². The van der Waals surface area contributed by atoms with Gasteiger partial charge in [-0.2, -0.15) is 0 Å². The van der Waals surface area contributed by atoms with Crippen LogP contribution in [0, 0.1) is 0 Å². The maximum Gasteiger partial charge on any atom is 0.253 e. The molecular formula is C25H24N4O3S. The zero-order valence-corrected chi connectivity index (χ0v) is 19.0. The molecule has 0 radical (unpaired) electrons. The fraction of sp³-hybridized carbons (Fsp3) is 0.160. The molecule has 8 heteroatoms. The first kappa shape index (κ1) is 22.4. The van der Waals surface area contributed by atoms with Gasteiger partial charge < -0.3 is 19.2 Å². The van der Waals surface area contributed by atoms with E-state index in [-0.39, 0.29) is 24.1 Å². The Labute approximate surface area is 196 Å². The molecule has 0 spiro atoms. The van der Waals surface area contributed by atoms with Gasteiger partial charge in [-0.25, -0.2) is 4.98 Å². The number of thioether (sulfide) groups is 1. The van der Waals surface area contributed by atoms with E-state index < -0.39 is 0 Å². The second kappa shape index (κ2) is 10.2. The highest BCUT2D eigenvalue weighted by molar-refractivity contribution is 7.99. The summed E-state index contributed by atoms with van der Waals surface area (Å²) in [5.41, 5.74) is 2.84. The number of hydrogen-bond acceptors (Lipinski definition) is 5. The van der Waals surface area contributed by atoms with Gasteiger partial charge in [-0.15, -0.1) is 6.58 Å². The van der Waals surface area contributed by atoms with Crippen molar-refractivity contribution in [3.63, 3.8) is 0 Å². The monoisotopic (exact) mass is 460 g/mol. The van der Waals surface area contributed by atoms with E-state index >= 15 is 0 Å². The number of aromatic nitrogens is 2. The first-order valence-electron chi connectivity index (χ1n) is 10.4. The molecule has 2 heterocycles. The zero-order chi connectivity index (χ0) is 23.2. The number of hydrogen-bond donors (Lipinski definition) is 1. The molecule has 0 aliphatic rings. The highest BCUT2D eigenvalue weighted by Crippen LogP contribution is 2.26. The van der Waals surface area contributed by atoms with E-state index in [1.54, 1.807) is 49.7 Å². The van der Waals surface area contributed by atoms with Crippen LogP contribution in [0.2, 0.25) is 0 Å². The summed E-state index contributed by atoms with van der Waals surface area (Å²) < 4.78 is 7.30. The molecular weight excluding hydrogens is 436 g/mol. The van der Waals surface area contributed by atoms with Crippen LogP contribution in [0.15, 0.2) is 89.2 Å².